The van der Waals surface area contributed by atoms with E-state index in [9.17, 15) is 27.6 Å². The van der Waals surface area contributed by atoms with Gasteiger partial charge < -0.3 is 15.8 Å². The zero-order valence-corrected chi connectivity index (χ0v) is 10.6. The third-order valence-electron chi connectivity index (χ3n) is 2.24. The molecule has 0 spiro atoms. The van der Waals surface area contributed by atoms with Gasteiger partial charge in [-0.1, -0.05) is 0 Å². The summed E-state index contributed by atoms with van der Waals surface area (Å²) in [6.07, 6.45) is -4.49. The number of alkyl halides is 3. The molecule has 114 valence electrons. The first kappa shape index (κ1) is 16.5. The molecule has 0 aliphatic carbocycles. The summed E-state index contributed by atoms with van der Waals surface area (Å²) in [7, 11) is 0. The van der Waals surface area contributed by atoms with Crippen molar-refractivity contribution in [2.24, 2.45) is 5.73 Å². The Morgan fingerprint density at radius 2 is 1.71 bits per heavy atom. The maximum absolute atomic E-state index is 12.3. The van der Waals surface area contributed by atoms with Crippen molar-refractivity contribution in [1.29, 1.82) is 0 Å². The molecule has 0 aliphatic rings. The quantitative estimate of drug-likeness (QED) is 0.772. The number of ether oxygens (including phenoxy) is 1. The van der Waals surface area contributed by atoms with Crippen LogP contribution in [-0.2, 0) is 20.5 Å². The Labute approximate surface area is 117 Å². The van der Waals surface area contributed by atoms with E-state index in [-0.39, 0.29) is 5.56 Å². The molecule has 0 saturated carbocycles. The van der Waals surface area contributed by atoms with E-state index in [1.165, 1.54) is 0 Å². The second kappa shape index (κ2) is 6.73. The highest BCUT2D eigenvalue weighted by molar-refractivity contribution is 5.96. The number of esters is 1. The van der Waals surface area contributed by atoms with Crippen LogP contribution in [0.25, 0.3) is 0 Å². The molecule has 21 heavy (non-hydrogen) atoms. The number of carbonyl (C=O) groups is 3. The van der Waals surface area contributed by atoms with Crippen molar-refractivity contribution in [3.63, 3.8) is 0 Å². The van der Waals surface area contributed by atoms with E-state index in [2.05, 4.69) is 10.1 Å². The molecule has 3 N–H and O–H groups in total. The first-order chi connectivity index (χ1) is 9.70. The Morgan fingerprint density at radius 1 is 1.14 bits per heavy atom. The van der Waals surface area contributed by atoms with E-state index < -0.39 is 42.7 Å². The lowest BCUT2D eigenvalue weighted by Crippen LogP contribution is -2.32. The minimum atomic E-state index is -4.49. The van der Waals surface area contributed by atoms with Gasteiger partial charge in [-0.05, 0) is 24.3 Å². The summed E-state index contributed by atoms with van der Waals surface area (Å²) in [4.78, 5) is 33.0. The van der Waals surface area contributed by atoms with Crippen molar-refractivity contribution in [3.8, 4) is 0 Å². The molecule has 1 aromatic carbocycles. The highest BCUT2D eigenvalue weighted by Crippen LogP contribution is 2.28. The molecule has 6 nitrogen and oxygen atoms in total. The molecule has 0 radical (unpaired) electrons. The molecule has 0 heterocycles. The number of nitrogens with two attached hydrogens (primary N) is 1. The third kappa shape index (κ3) is 5.51. The van der Waals surface area contributed by atoms with Crippen molar-refractivity contribution < 1.29 is 32.3 Å². The summed E-state index contributed by atoms with van der Waals surface area (Å²) in [5.41, 5.74) is 3.80. The van der Waals surface area contributed by atoms with Crippen LogP contribution in [0.2, 0.25) is 0 Å². The first-order valence-electron chi connectivity index (χ1n) is 5.59. The van der Waals surface area contributed by atoms with Crippen molar-refractivity contribution in [3.05, 3.63) is 35.4 Å². The summed E-state index contributed by atoms with van der Waals surface area (Å²) < 4.78 is 41.4. The van der Waals surface area contributed by atoms with Gasteiger partial charge in [0.1, 0.15) is 6.54 Å². The van der Waals surface area contributed by atoms with Gasteiger partial charge in [0.25, 0.3) is 11.8 Å². The number of rotatable bonds is 5. The minimum absolute atomic E-state index is 0.0503. The largest absolute Gasteiger partial charge is 0.454 e. The molecule has 2 amide bonds. The van der Waals surface area contributed by atoms with Crippen LogP contribution in [0, 0.1) is 0 Å². The number of hydrogen-bond donors (Lipinski definition) is 2. The van der Waals surface area contributed by atoms with E-state index in [0.717, 1.165) is 24.3 Å². The minimum Gasteiger partial charge on any atom is -0.454 e. The predicted octanol–water partition coefficient (Wildman–Crippen LogP) is 0.464. The van der Waals surface area contributed by atoms with Gasteiger partial charge in [0.15, 0.2) is 6.61 Å². The number of primary amides is 1. The molecule has 0 aliphatic heterocycles. The molecule has 0 saturated heterocycles. The van der Waals surface area contributed by atoms with E-state index in [1.807, 2.05) is 0 Å². The Bertz CT molecular complexity index is 540. The van der Waals surface area contributed by atoms with Crippen molar-refractivity contribution in [2.45, 2.75) is 6.18 Å². The first-order valence-corrected chi connectivity index (χ1v) is 5.59. The fourth-order valence-corrected chi connectivity index (χ4v) is 1.27. The van der Waals surface area contributed by atoms with Gasteiger partial charge in [0.2, 0.25) is 0 Å². The third-order valence-corrected chi connectivity index (χ3v) is 2.24. The second-order valence-electron chi connectivity index (χ2n) is 3.88. The average molecular weight is 304 g/mol. The summed E-state index contributed by atoms with van der Waals surface area (Å²) in [5.74, 6) is -2.49. The Balaban J connectivity index is 2.53. The van der Waals surface area contributed by atoms with E-state index in [0.29, 0.717) is 0 Å². The molecule has 0 atom stereocenters. The molecule has 1 rings (SSSR count). The van der Waals surface area contributed by atoms with Crippen LogP contribution >= 0.6 is 0 Å². The lowest BCUT2D eigenvalue weighted by molar-refractivity contribution is -0.146. The second-order valence-corrected chi connectivity index (χ2v) is 3.88. The van der Waals surface area contributed by atoms with Crippen LogP contribution in [0.1, 0.15) is 15.9 Å². The van der Waals surface area contributed by atoms with Gasteiger partial charge in [-0.25, -0.2) is 0 Å². The van der Waals surface area contributed by atoms with Crippen LogP contribution in [0.4, 0.5) is 13.2 Å². The fourth-order valence-electron chi connectivity index (χ4n) is 1.27. The SMILES string of the molecule is NC(=O)COC(=O)CNC(=O)c1ccc(C(F)(F)F)cc1. The molecule has 1 aromatic rings. The van der Waals surface area contributed by atoms with Gasteiger partial charge in [0, 0.05) is 5.56 Å². The lowest BCUT2D eigenvalue weighted by Gasteiger charge is -2.08. The van der Waals surface area contributed by atoms with Crippen molar-refractivity contribution >= 4 is 17.8 Å². The van der Waals surface area contributed by atoms with Crippen LogP contribution in [0.5, 0.6) is 0 Å². The number of halogens is 3. The van der Waals surface area contributed by atoms with Gasteiger partial charge in [0.05, 0.1) is 5.56 Å². The summed E-state index contributed by atoms with van der Waals surface area (Å²) in [6, 6.07) is 3.46. The molecular formula is C12H11F3N2O4. The lowest BCUT2D eigenvalue weighted by atomic mass is 10.1. The van der Waals surface area contributed by atoms with E-state index in [1.54, 1.807) is 0 Å². The number of hydrogen-bond acceptors (Lipinski definition) is 4. The van der Waals surface area contributed by atoms with Crippen molar-refractivity contribution in [1.82, 2.24) is 5.32 Å². The topological polar surface area (TPSA) is 98.5 Å². The van der Waals surface area contributed by atoms with Crippen LogP contribution in [0.15, 0.2) is 24.3 Å². The van der Waals surface area contributed by atoms with Crippen molar-refractivity contribution in [2.75, 3.05) is 13.2 Å². The number of carbonyl (C=O) groups excluding carboxylic acids is 3. The summed E-state index contributed by atoms with van der Waals surface area (Å²) in [5, 5.41) is 2.13. The monoisotopic (exact) mass is 304 g/mol. The average Bonchev–Trinajstić information content (AvgIpc) is 2.41. The summed E-state index contributed by atoms with van der Waals surface area (Å²) in [6.45, 7) is -1.15. The maximum Gasteiger partial charge on any atom is 0.416 e. The number of nitrogens with one attached hydrogen (secondary N) is 1. The molecular weight excluding hydrogens is 293 g/mol. The standard InChI is InChI=1S/C12H11F3N2O4/c13-12(14,15)8-3-1-7(2-4-8)11(20)17-5-10(19)21-6-9(16)18/h1-4H,5-6H2,(H2,16,18)(H,17,20). The molecule has 0 bridgehead atoms. The van der Waals surface area contributed by atoms with Gasteiger partial charge in [-0.15, -0.1) is 0 Å². The maximum atomic E-state index is 12.3. The normalized spacial score (nSPS) is 10.8. The van der Waals surface area contributed by atoms with E-state index >= 15 is 0 Å². The Hall–Kier alpha value is -2.58. The predicted molar refractivity (Wildman–Crippen MR) is 63.9 cm³/mol. The fraction of sp³-hybridized carbons (Fsp3) is 0.250. The molecule has 0 unspecified atom stereocenters. The van der Waals surface area contributed by atoms with Crippen LogP contribution in [0.3, 0.4) is 0 Å². The Morgan fingerprint density at radius 3 is 2.19 bits per heavy atom. The number of amides is 2. The highest BCUT2D eigenvalue weighted by atomic mass is 19.4. The number of benzene rings is 1. The van der Waals surface area contributed by atoms with Crippen LogP contribution < -0.4 is 11.1 Å². The molecule has 0 aromatic heterocycles. The zero-order chi connectivity index (χ0) is 16.0. The van der Waals surface area contributed by atoms with E-state index in [4.69, 9.17) is 5.73 Å². The highest BCUT2D eigenvalue weighted by Gasteiger charge is 2.30. The van der Waals surface area contributed by atoms with Crippen LogP contribution in [-0.4, -0.2) is 30.9 Å². The smallest absolute Gasteiger partial charge is 0.416 e. The van der Waals surface area contributed by atoms with Gasteiger partial charge in [-0.2, -0.15) is 13.2 Å². The molecule has 0 fully saturated rings. The summed E-state index contributed by atoms with van der Waals surface area (Å²) >= 11 is 0. The molecule has 9 heteroatoms. The zero-order valence-electron chi connectivity index (χ0n) is 10.6. The van der Waals surface area contributed by atoms with Gasteiger partial charge >= 0.3 is 12.1 Å². The van der Waals surface area contributed by atoms with Gasteiger partial charge in [-0.3, -0.25) is 14.4 Å². The Kier molecular flexibility index (Phi) is 5.28.